The van der Waals surface area contributed by atoms with E-state index in [0.29, 0.717) is 0 Å². The van der Waals surface area contributed by atoms with Crippen LogP contribution in [0, 0.1) is 5.41 Å². The molecule has 1 aromatic rings. The number of nitrogens with one attached hydrogen (secondary N) is 1. The average molecular weight is 232 g/mol. The van der Waals surface area contributed by atoms with Crippen LogP contribution in [0.2, 0.25) is 0 Å². The summed E-state index contributed by atoms with van der Waals surface area (Å²) in [6, 6.07) is 9.13. The molecule has 1 rings (SSSR count). The molecule has 0 amide bonds. The van der Waals surface area contributed by atoms with Gasteiger partial charge in [-0.15, -0.1) is 12.4 Å². The molecule has 0 radical (unpaired) electrons. The summed E-state index contributed by atoms with van der Waals surface area (Å²) >= 11 is 0. The SMILES string of the molecule is Cl.N=C(N)N.O=C(O)Cc1ccccc1. The number of halogens is 1. The number of carbonyl (C=O) groups is 1. The third-order valence-corrected chi connectivity index (χ3v) is 1.20. The topological polar surface area (TPSA) is 113 Å². The van der Waals surface area contributed by atoms with E-state index >= 15 is 0 Å². The first-order valence-electron chi connectivity index (χ1n) is 3.87. The van der Waals surface area contributed by atoms with Gasteiger partial charge in [0.15, 0.2) is 5.96 Å². The summed E-state index contributed by atoms with van der Waals surface area (Å²) in [6.45, 7) is 0. The minimum absolute atomic E-state index is 0. The van der Waals surface area contributed by atoms with E-state index in [2.05, 4.69) is 11.5 Å². The average Bonchev–Trinajstić information content (AvgIpc) is 2.03. The van der Waals surface area contributed by atoms with Crippen LogP contribution >= 0.6 is 12.4 Å². The number of guanidine groups is 1. The van der Waals surface area contributed by atoms with Gasteiger partial charge in [0.05, 0.1) is 6.42 Å². The Kier molecular flexibility index (Phi) is 9.25. The molecule has 0 aliphatic heterocycles. The maximum absolute atomic E-state index is 10.2. The Bertz CT molecular complexity index is 299. The van der Waals surface area contributed by atoms with Crippen molar-refractivity contribution in [2.75, 3.05) is 0 Å². The van der Waals surface area contributed by atoms with Gasteiger partial charge in [-0.3, -0.25) is 10.2 Å². The van der Waals surface area contributed by atoms with E-state index in [1.54, 1.807) is 12.1 Å². The van der Waals surface area contributed by atoms with Gasteiger partial charge in [0.25, 0.3) is 0 Å². The van der Waals surface area contributed by atoms with Crippen molar-refractivity contribution in [2.45, 2.75) is 6.42 Å². The first kappa shape index (κ1) is 15.7. The van der Waals surface area contributed by atoms with Crippen LogP contribution in [-0.4, -0.2) is 17.0 Å². The second-order valence-electron chi connectivity index (χ2n) is 2.51. The quantitative estimate of drug-likeness (QED) is 0.440. The minimum atomic E-state index is -0.786. The standard InChI is InChI=1S/C8H8O2.CH5N3.ClH/c9-8(10)6-7-4-2-1-3-5-7;2-1(3)4;/h1-5H,6H2,(H,9,10);(H5,2,3,4);1H. The van der Waals surface area contributed by atoms with Crippen molar-refractivity contribution >= 4 is 24.3 Å². The van der Waals surface area contributed by atoms with Crippen molar-refractivity contribution in [1.29, 1.82) is 5.41 Å². The fourth-order valence-electron chi connectivity index (χ4n) is 0.770. The summed E-state index contributed by atoms with van der Waals surface area (Å²) in [5.41, 5.74) is 9.79. The highest BCUT2D eigenvalue weighted by Crippen LogP contribution is 1.98. The maximum atomic E-state index is 10.2. The molecule has 6 N–H and O–H groups in total. The van der Waals surface area contributed by atoms with Gasteiger partial charge in [0, 0.05) is 0 Å². The predicted octanol–water partition coefficient (Wildman–Crippen LogP) is 0.574. The van der Waals surface area contributed by atoms with Crippen molar-refractivity contribution < 1.29 is 9.90 Å². The highest BCUT2D eigenvalue weighted by atomic mass is 35.5. The Morgan fingerprint density at radius 2 is 1.67 bits per heavy atom. The lowest BCUT2D eigenvalue weighted by molar-refractivity contribution is -0.136. The molecule has 6 heteroatoms. The molecule has 1 aromatic carbocycles. The Morgan fingerprint density at radius 3 is 2.00 bits per heavy atom. The molecule has 5 nitrogen and oxygen atoms in total. The third kappa shape index (κ3) is 12.2. The summed E-state index contributed by atoms with van der Waals surface area (Å²) in [5.74, 6) is -1.12. The summed E-state index contributed by atoms with van der Waals surface area (Å²) in [4.78, 5) is 10.2. The number of hydrogen-bond acceptors (Lipinski definition) is 2. The predicted molar refractivity (Wildman–Crippen MR) is 61.1 cm³/mol. The van der Waals surface area contributed by atoms with Crippen molar-refractivity contribution in [3.8, 4) is 0 Å². The zero-order valence-corrected chi connectivity index (χ0v) is 8.83. The number of benzene rings is 1. The molecule has 0 fully saturated rings. The number of rotatable bonds is 2. The molecule has 0 aliphatic rings. The van der Waals surface area contributed by atoms with Crippen LogP contribution in [0.5, 0.6) is 0 Å². The van der Waals surface area contributed by atoms with E-state index in [4.69, 9.17) is 10.5 Å². The van der Waals surface area contributed by atoms with E-state index in [1.165, 1.54) is 0 Å². The van der Waals surface area contributed by atoms with E-state index in [1.807, 2.05) is 18.2 Å². The maximum Gasteiger partial charge on any atom is 0.307 e. The van der Waals surface area contributed by atoms with Crippen LogP contribution < -0.4 is 11.5 Å². The lowest BCUT2D eigenvalue weighted by Gasteiger charge is -1.92. The van der Waals surface area contributed by atoms with Gasteiger partial charge in [0.1, 0.15) is 0 Å². The molecule has 0 spiro atoms. The van der Waals surface area contributed by atoms with E-state index in [0.717, 1.165) is 5.56 Å². The summed E-state index contributed by atoms with van der Waals surface area (Å²) in [5, 5.41) is 14.4. The number of hydrogen-bond donors (Lipinski definition) is 4. The number of carboxylic acids is 1. The zero-order valence-electron chi connectivity index (χ0n) is 8.01. The van der Waals surface area contributed by atoms with Gasteiger partial charge in [-0.25, -0.2) is 0 Å². The van der Waals surface area contributed by atoms with Gasteiger partial charge in [0.2, 0.25) is 0 Å². The Morgan fingerprint density at radius 1 is 1.27 bits per heavy atom. The second kappa shape index (κ2) is 8.83. The monoisotopic (exact) mass is 231 g/mol. The van der Waals surface area contributed by atoms with E-state index in [9.17, 15) is 4.79 Å². The van der Waals surface area contributed by atoms with Crippen molar-refractivity contribution in [3.05, 3.63) is 35.9 Å². The molecule has 0 unspecified atom stereocenters. The van der Waals surface area contributed by atoms with Gasteiger partial charge in [-0.2, -0.15) is 0 Å². The van der Waals surface area contributed by atoms with Crippen LogP contribution in [0.4, 0.5) is 0 Å². The number of carboxylic acid groups (broad SMARTS) is 1. The van der Waals surface area contributed by atoms with Gasteiger partial charge >= 0.3 is 5.97 Å². The number of nitrogens with two attached hydrogens (primary N) is 2. The number of aliphatic carboxylic acids is 1. The lowest BCUT2D eigenvalue weighted by Crippen LogP contribution is -2.20. The highest BCUT2D eigenvalue weighted by Gasteiger charge is 1.96. The zero-order chi connectivity index (χ0) is 11.0. The van der Waals surface area contributed by atoms with Crippen LogP contribution in [0.3, 0.4) is 0 Å². The highest BCUT2D eigenvalue weighted by molar-refractivity contribution is 5.85. The first-order chi connectivity index (χ1) is 6.52. The van der Waals surface area contributed by atoms with Crippen molar-refractivity contribution in [2.24, 2.45) is 11.5 Å². The normalized spacial score (nSPS) is 7.73. The van der Waals surface area contributed by atoms with E-state index in [-0.39, 0.29) is 24.8 Å². The second-order valence-corrected chi connectivity index (χ2v) is 2.51. The molecule has 0 heterocycles. The molecule has 0 bridgehead atoms. The molecule has 0 aliphatic carbocycles. The molecule has 84 valence electrons. The van der Waals surface area contributed by atoms with Crippen LogP contribution in [0.1, 0.15) is 5.56 Å². The van der Waals surface area contributed by atoms with Gasteiger partial charge in [-0.05, 0) is 5.56 Å². The van der Waals surface area contributed by atoms with Crippen molar-refractivity contribution in [1.82, 2.24) is 0 Å². The smallest absolute Gasteiger partial charge is 0.307 e. The summed E-state index contributed by atoms with van der Waals surface area (Å²) in [6.07, 6.45) is 0.112. The van der Waals surface area contributed by atoms with E-state index < -0.39 is 5.97 Å². The van der Waals surface area contributed by atoms with Crippen molar-refractivity contribution in [3.63, 3.8) is 0 Å². The first-order valence-corrected chi connectivity index (χ1v) is 3.87. The summed E-state index contributed by atoms with van der Waals surface area (Å²) in [7, 11) is 0. The van der Waals surface area contributed by atoms with Crippen LogP contribution in [-0.2, 0) is 11.2 Å². The molecule has 0 saturated heterocycles. The molecule has 0 atom stereocenters. The largest absolute Gasteiger partial charge is 0.481 e. The van der Waals surface area contributed by atoms with Gasteiger partial charge < -0.3 is 16.6 Å². The third-order valence-electron chi connectivity index (χ3n) is 1.20. The molecule has 15 heavy (non-hydrogen) atoms. The van der Waals surface area contributed by atoms with Crippen LogP contribution in [0.15, 0.2) is 30.3 Å². The van der Waals surface area contributed by atoms with Gasteiger partial charge in [-0.1, -0.05) is 30.3 Å². The Hall–Kier alpha value is -1.75. The molecule has 0 aromatic heterocycles. The minimum Gasteiger partial charge on any atom is -0.481 e. The Labute approximate surface area is 94.0 Å². The molecular weight excluding hydrogens is 218 g/mol. The summed E-state index contributed by atoms with van der Waals surface area (Å²) < 4.78 is 0. The van der Waals surface area contributed by atoms with Crippen LogP contribution in [0.25, 0.3) is 0 Å². The fourth-order valence-corrected chi connectivity index (χ4v) is 0.770. The Balaban J connectivity index is 0. The molecule has 0 saturated carbocycles. The lowest BCUT2D eigenvalue weighted by atomic mass is 10.2. The fraction of sp³-hybridized carbons (Fsp3) is 0.111. The molecular formula is C9H14ClN3O2.